The Labute approximate surface area is 121 Å². The summed E-state index contributed by atoms with van der Waals surface area (Å²) >= 11 is 0. The van der Waals surface area contributed by atoms with Crippen molar-refractivity contribution in [3.8, 4) is 0 Å². The van der Waals surface area contributed by atoms with E-state index in [2.05, 4.69) is 15.9 Å². The minimum atomic E-state index is 0.695. The Bertz CT molecular complexity index is 446. The van der Waals surface area contributed by atoms with E-state index >= 15 is 0 Å². The van der Waals surface area contributed by atoms with E-state index in [0.717, 1.165) is 30.5 Å². The van der Waals surface area contributed by atoms with Crippen LogP contribution in [0.25, 0.3) is 0 Å². The number of para-hydroxylation sites is 1. The second-order valence-corrected chi connectivity index (χ2v) is 6.09. The van der Waals surface area contributed by atoms with Gasteiger partial charge in [-0.1, -0.05) is 12.5 Å². The first kappa shape index (κ1) is 13.6. The lowest BCUT2D eigenvalue weighted by atomic mass is 9.99. The van der Waals surface area contributed by atoms with Gasteiger partial charge in [0.05, 0.1) is 17.1 Å². The van der Waals surface area contributed by atoms with Crippen molar-refractivity contribution in [2.24, 2.45) is 0 Å². The fourth-order valence-electron chi connectivity index (χ4n) is 3.60. The minimum Gasteiger partial charge on any atom is -0.397 e. The van der Waals surface area contributed by atoms with Gasteiger partial charge in [0, 0.05) is 19.1 Å². The van der Waals surface area contributed by atoms with Crippen LogP contribution in [0.1, 0.15) is 32.1 Å². The standard InChI is InChI=1S/C16H26N4/c17-14-5-4-6-15(16(14)18)20-11-7-13(8-12-20)19-9-2-1-3-10-19/h4-6,13H,1-3,7-12,17-18H2. The number of nitrogens with two attached hydrogens (primary N) is 2. The van der Waals surface area contributed by atoms with E-state index in [1.54, 1.807) is 0 Å². The van der Waals surface area contributed by atoms with Gasteiger partial charge in [0.1, 0.15) is 0 Å². The van der Waals surface area contributed by atoms with Crippen LogP contribution in [0.5, 0.6) is 0 Å². The van der Waals surface area contributed by atoms with Gasteiger partial charge in [0.25, 0.3) is 0 Å². The summed E-state index contributed by atoms with van der Waals surface area (Å²) in [7, 11) is 0. The molecule has 0 saturated carbocycles. The molecule has 0 aromatic heterocycles. The van der Waals surface area contributed by atoms with Gasteiger partial charge in [-0.25, -0.2) is 0 Å². The van der Waals surface area contributed by atoms with Crippen LogP contribution in [-0.2, 0) is 0 Å². The van der Waals surface area contributed by atoms with Gasteiger partial charge in [-0.3, -0.25) is 0 Å². The highest BCUT2D eigenvalue weighted by atomic mass is 15.2. The molecular weight excluding hydrogens is 248 g/mol. The number of rotatable bonds is 2. The highest BCUT2D eigenvalue weighted by Crippen LogP contribution is 2.31. The summed E-state index contributed by atoms with van der Waals surface area (Å²) in [6, 6.07) is 6.73. The Morgan fingerprint density at radius 2 is 1.60 bits per heavy atom. The Balaban J connectivity index is 1.62. The Hall–Kier alpha value is -1.42. The van der Waals surface area contributed by atoms with Crippen molar-refractivity contribution in [3.63, 3.8) is 0 Å². The maximum atomic E-state index is 6.11. The first-order valence-corrected chi connectivity index (χ1v) is 7.88. The number of benzene rings is 1. The molecule has 0 radical (unpaired) electrons. The number of hydrogen-bond acceptors (Lipinski definition) is 4. The number of nitrogens with zero attached hydrogens (tertiary/aromatic N) is 2. The Kier molecular flexibility index (Phi) is 4.01. The molecule has 110 valence electrons. The largest absolute Gasteiger partial charge is 0.397 e. The van der Waals surface area contributed by atoms with Gasteiger partial charge in [-0.15, -0.1) is 0 Å². The van der Waals surface area contributed by atoms with Crippen molar-refractivity contribution in [1.29, 1.82) is 0 Å². The summed E-state index contributed by atoms with van der Waals surface area (Å²) in [5.41, 5.74) is 14.6. The zero-order chi connectivity index (χ0) is 13.9. The molecular formula is C16H26N4. The van der Waals surface area contributed by atoms with E-state index in [4.69, 9.17) is 11.5 Å². The molecule has 4 heteroatoms. The molecule has 3 rings (SSSR count). The van der Waals surface area contributed by atoms with Gasteiger partial charge < -0.3 is 21.3 Å². The fraction of sp³-hybridized carbons (Fsp3) is 0.625. The molecule has 20 heavy (non-hydrogen) atoms. The van der Waals surface area contributed by atoms with Crippen LogP contribution in [0.2, 0.25) is 0 Å². The monoisotopic (exact) mass is 274 g/mol. The van der Waals surface area contributed by atoms with E-state index in [0.29, 0.717) is 5.69 Å². The summed E-state index contributed by atoms with van der Waals surface area (Å²) in [6.07, 6.45) is 6.66. The number of hydrogen-bond donors (Lipinski definition) is 2. The third-order valence-corrected chi connectivity index (χ3v) is 4.83. The molecule has 2 saturated heterocycles. The van der Waals surface area contributed by atoms with Gasteiger partial charge >= 0.3 is 0 Å². The molecule has 0 unspecified atom stereocenters. The van der Waals surface area contributed by atoms with Crippen LogP contribution in [0.4, 0.5) is 17.1 Å². The van der Waals surface area contributed by atoms with E-state index in [1.807, 2.05) is 12.1 Å². The van der Waals surface area contributed by atoms with Crippen LogP contribution < -0.4 is 16.4 Å². The molecule has 2 fully saturated rings. The molecule has 1 aromatic carbocycles. The topological polar surface area (TPSA) is 58.5 Å². The maximum absolute atomic E-state index is 6.11. The third kappa shape index (κ3) is 2.70. The van der Waals surface area contributed by atoms with Gasteiger partial charge in [0.15, 0.2) is 0 Å². The van der Waals surface area contributed by atoms with E-state index in [9.17, 15) is 0 Å². The van der Waals surface area contributed by atoms with Crippen molar-refractivity contribution in [1.82, 2.24) is 4.90 Å². The average molecular weight is 274 g/mol. The molecule has 0 amide bonds. The number of anilines is 3. The summed E-state index contributed by atoms with van der Waals surface area (Å²) in [4.78, 5) is 5.09. The lowest BCUT2D eigenvalue weighted by molar-refractivity contribution is 0.141. The van der Waals surface area contributed by atoms with Crippen LogP contribution in [0.3, 0.4) is 0 Å². The molecule has 4 N–H and O–H groups in total. The van der Waals surface area contributed by atoms with Crippen molar-refractivity contribution in [2.75, 3.05) is 42.5 Å². The molecule has 0 atom stereocenters. The predicted octanol–water partition coefficient (Wildman–Crippen LogP) is 2.31. The normalized spacial score (nSPS) is 22.1. The zero-order valence-electron chi connectivity index (χ0n) is 12.2. The summed E-state index contributed by atoms with van der Waals surface area (Å²) in [6.45, 7) is 4.78. The van der Waals surface area contributed by atoms with Crippen LogP contribution in [0.15, 0.2) is 18.2 Å². The number of likely N-dealkylation sites (tertiary alicyclic amines) is 1. The second kappa shape index (κ2) is 5.92. The molecule has 2 heterocycles. The molecule has 0 bridgehead atoms. The van der Waals surface area contributed by atoms with E-state index in [1.165, 1.54) is 45.2 Å². The second-order valence-electron chi connectivity index (χ2n) is 6.09. The molecule has 2 aliphatic heterocycles. The van der Waals surface area contributed by atoms with Crippen LogP contribution >= 0.6 is 0 Å². The molecule has 0 spiro atoms. The minimum absolute atomic E-state index is 0.695. The molecule has 2 aliphatic rings. The number of piperidine rings is 2. The fourth-order valence-corrected chi connectivity index (χ4v) is 3.60. The highest BCUT2D eigenvalue weighted by molar-refractivity contribution is 5.79. The SMILES string of the molecule is Nc1cccc(N2CCC(N3CCCCC3)CC2)c1N. The number of nitrogen functional groups attached to an aromatic ring is 2. The van der Waals surface area contributed by atoms with Gasteiger partial charge in [-0.05, 0) is 50.9 Å². The first-order chi connectivity index (χ1) is 9.75. The Morgan fingerprint density at radius 3 is 2.30 bits per heavy atom. The summed E-state index contributed by atoms with van der Waals surface area (Å²) in [5, 5.41) is 0. The zero-order valence-corrected chi connectivity index (χ0v) is 12.2. The van der Waals surface area contributed by atoms with Crippen molar-refractivity contribution < 1.29 is 0 Å². The lowest BCUT2D eigenvalue weighted by Gasteiger charge is -2.41. The summed E-state index contributed by atoms with van der Waals surface area (Å²) in [5.74, 6) is 0. The van der Waals surface area contributed by atoms with Crippen molar-refractivity contribution in [2.45, 2.75) is 38.1 Å². The Morgan fingerprint density at radius 1 is 0.900 bits per heavy atom. The van der Waals surface area contributed by atoms with Crippen LogP contribution in [-0.4, -0.2) is 37.1 Å². The maximum Gasteiger partial charge on any atom is 0.0785 e. The van der Waals surface area contributed by atoms with Crippen molar-refractivity contribution >= 4 is 17.1 Å². The van der Waals surface area contributed by atoms with E-state index < -0.39 is 0 Å². The van der Waals surface area contributed by atoms with Crippen LogP contribution in [0, 0.1) is 0 Å². The van der Waals surface area contributed by atoms with E-state index in [-0.39, 0.29) is 0 Å². The van der Waals surface area contributed by atoms with Gasteiger partial charge in [-0.2, -0.15) is 0 Å². The van der Waals surface area contributed by atoms with Crippen molar-refractivity contribution in [3.05, 3.63) is 18.2 Å². The average Bonchev–Trinajstić information content (AvgIpc) is 2.51. The quantitative estimate of drug-likeness (QED) is 0.813. The van der Waals surface area contributed by atoms with Gasteiger partial charge in [0.2, 0.25) is 0 Å². The molecule has 0 aliphatic carbocycles. The third-order valence-electron chi connectivity index (χ3n) is 4.83. The lowest BCUT2D eigenvalue weighted by Crippen LogP contribution is -2.46. The smallest absolute Gasteiger partial charge is 0.0785 e. The molecule has 4 nitrogen and oxygen atoms in total. The highest BCUT2D eigenvalue weighted by Gasteiger charge is 2.26. The summed E-state index contributed by atoms with van der Waals surface area (Å²) < 4.78 is 0. The first-order valence-electron chi connectivity index (χ1n) is 7.88. The predicted molar refractivity (Wildman–Crippen MR) is 85.9 cm³/mol. The molecule has 1 aromatic rings.